The fourth-order valence-corrected chi connectivity index (χ4v) is 4.31. The van der Waals surface area contributed by atoms with E-state index in [0.717, 1.165) is 46.9 Å². The number of hydrogen-bond acceptors (Lipinski definition) is 4. The average Bonchev–Trinajstić information content (AvgIpc) is 3.09. The molecule has 6 nitrogen and oxygen atoms in total. The second kappa shape index (κ2) is 10.5. The Morgan fingerprint density at radius 3 is 2.84 bits per heavy atom. The Kier molecular flexibility index (Phi) is 8.05. The van der Waals surface area contributed by atoms with E-state index in [-0.39, 0.29) is 11.5 Å². The fraction of sp³-hybridized carbons (Fsp3) is 0.364. The van der Waals surface area contributed by atoms with Crippen LogP contribution in [0.5, 0.6) is 0 Å². The van der Waals surface area contributed by atoms with Gasteiger partial charge in [-0.2, -0.15) is 5.10 Å². The van der Waals surface area contributed by atoms with Crippen LogP contribution < -0.4 is 11.5 Å². The van der Waals surface area contributed by atoms with Crippen LogP contribution in [0, 0.1) is 11.7 Å². The number of aliphatic imine (C=N–C) groups is 1. The number of aromatic nitrogens is 2. The summed E-state index contributed by atoms with van der Waals surface area (Å²) < 4.78 is 16.4. The summed E-state index contributed by atoms with van der Waals surface area (Å²) in [6, 6.07) is 6.04. The zero-order valence-electron chi connectivity index (χ0n) is 17.7. The predicted molar refractivity (Wildman–Crippen MR) is 129 cm³/mol. The van der Waals surface area contributed by atoms with Gasteiger partial charge in [-0.25, -0.2) is 13.9 Å². The monoisotopic (exact) mass is 508 g/mol. The first kappa shape index (κ1) is 23.7. The van der Waals surface area contributed by atoms with Gasteiger partial charge in [0.25, 0.3) is 0 Å². The molecule has 1 unspecified atom stereocenters. The Morgan fingerprint density at radius 2 is 2.13 bits per heavy atom. The molecule has 2 aromatic heterocycles. The summed E-state index contributed by atoms with van der Waals surface area (Å²) in [5.74, 6) is 0.202. The molecule has 0 spiro atoms. The third kappa shape index (κ3) is 6.04. The molecule has 0 saturated carbocycles. The van der Waals surface area contributed by atoms with Crippen molar-refractivity contribution in [3.05, 3.63) is 63.1 Å². The Morgan fingerprint density at radius 1 is 1.35 bits per heavy atom. The maximum absolute atomic E-state index is 13.7. The lowest BCUT2D eigenvalue weighted by Gasteiger charge is -2.22. The number of hydrogen-bond donors (Lipinski definition) is 2. The first-order chi connectivity index (χ1) is 14.8. The van der Waals surface area contributed by atoms with Crippen LogP contribution in [0.2, 0.25) is 5.02 Å². The summed E-state index contributed by atoms with van der Waals surface area (Å²) in [6.45, 7) is 1.57. The molecule has 0 amide bonds. The third-order valence-electron chi connectivity index (χ3n) is 5.07. The van der Waals surface area contributed by atoms with E-state index in [4.69, 9.17) is 23.1 Å². The molecule has 0 radical (unpaired) electrons. The van der Waals surface area contributed by atoms with Crippen molar-refractivity contribution < 1.29 is 4.39 Å². The smallest absolute Gasteiger partial charge is 0.133 e. The molecule has 3 aromatic rings. The van der Waals surface area contributed by atoms with E-state index in [0.29, 0.717) is 17.5 Å². The van der Waals surface area contributed by atoms with Crippen LogP contribution in [0.25, 0.3) is 5.52 Å². The van der Waals surface area contributed by atoms with Crippen LogP contribution in [-0.4, -0.2) is 47.5 Å². The first-order valence-electron chi connectivity index (χ1n) is 10.1. The Labute approximate surface area is 195 Å². The topological polar surface area (TPSA) is 84.9 Å². The number of nitrogens with two attached hydrogens (primary N) is 2. The van der Waals surface area contributed by atoms with Crippen LogP contribution in [0.15, 0.2) is 46.1 Å². The van der Waals surface area contributed by atoms with E-state index in [1.165, 1.54) is 18.2 Å². The van der Waals surface area contributed by atoms with Crippen molar-refractivity contribution >= 4 is 44.6 Å². The zero-order chi connectivity index (χ0) is 22.5. The SMILES string of the molecule is CN(C)CC(CCCN)Cc1c(C(N)=Nc2cc(F)ccc2Cl)cnn2cc(Br)cc12. The molecule has 3 rings (SSSR count). The van der Waals surface area contributed by atoms with E-state index in [1.807, 2.05) is 16.8 Å². The molecule has 2 heterocycles. The van der Waals surface area contributed by atoms with Crippen LogP contribution in [0.3, 0.4) is 0 Å². The number of rotatable bonds is 9. The van der Waals surface area contributed by atoms with E-state index in [9.17, 15) is 4.39 Å². The zero-order valence-corrected chi connectivity index (χ0v) is 20.0. The lowest BCUT2D eigenvalue weighted by atomic mass is 9.91. The van der Waals surface area contributed by atoms with Crippen LogP contribution in [0.4, 0.5) is 10.1 Å². The van der Waals surface area contributed by atoms with E-state index in [2.05, 4.69) is 45.0 Å². The van der Waals surface area contributed by atoms with Gasteiger partial charge in [0.15, 0.2) is 0 Å². The first-order valence-corrected chi connectivity index (χ1v) is 11.3. The second-order valence-corrected chi connectivity index (χ2v) is 9.20. The largest absolute Gasteiger partial charge is 0.383 e. The van der Waals surface area contributed by atoms with Gasteiger partial charge in [-0.1, -0.05) is 11.6 Å². The highest BCUT2D eigenvalue weighted by molar-refractivity contribution is 9.10. The number of nitrogens with zero attached hydrogens (tertiary/aromatic N) is 4. The highest BCUT2D eigenvalue weighted by Crippen LogP contribution is 2.28. The van der Waals surface area contributed by atoms with E-state index >= 15 is 0 Å². The number of halogens is 3. The second-order valence-electron chi connectivity index (χ2n) is 7.88. The molecular formula is C22H27BrClFN6. The van der Waals surface area contributed by atoms with Crippen LogP contribution in [-0.2, 0) is 6.42 Å². The maximum Gasteiger partial charge on any atom is 0.133 e. The molecule has 0 saturated heterocycles. The molecule has 9 heteroatoms. The summed E-state index contributed by atoms with van der Waals surface area (Å²) >= 11 is 9.73. The van der Waals surface area contributed by atoms with Crippen molar-refractivity contribution in [1.82, 2.24) is 14.5 Å². The van der Waals surface area contributed by atoms with Crippen molar-refractivity contribution in [3.8, 4) is 0 Å². The summed E-state index contributed by atoms with van der Waals surface area (Å²) in [6.07, 6.45) is 6.33. The third-order valence-corrected chi connectivity index (χ3v) is 5.82. The van der Waals surface area contributed by atoms with Crippen LogP contribution >= 0.6 is 27.5 Å². The van der Waals surface area contributed by atoms with Gasteiger partial charge in [0.2, 0.25) is 0 Å². The van der Waals surface area contributed by atoms with Gasteiger partial charge in [-0.05, 0) is 85.5 Å². The van der Waals surface area contributed by atoms with E-state index < -0.39 is 5.82 Å². The Hall–Kier alpha value is -2.00. The van der Waals surface area contributed by atoms with Gasteiger partial charge >= 0.3 is 0 Å². The van der Waals surface area contributed by atoms with Gasteiger partial charge in [0, 0.05) is 28.8 Å². The highest BCUT2D eigenvalue weighted by atomic mass is 79.9. The van der Waals surface area contributed by atoms with Crippen molar-refractivity contribution in [3.63, 3.8) is 0 Å². The molecule has 166 valence electrons. The van der Waals surface area contributed by atoms with Crippen molar-refractivity contribution in [2.24, 2.45) is 22.4 Å². The molecule has 31 heavy (non-hydrogen) atoms. The Bertz CT molecular complexity index is 1080. The molecule has 0 aliphatic rings. The number of amidine groups is 1. The summed E-state index contributed by atoms with van der Waals surface area (Å²) in [5.41, 5.74) is 15.2. The quantitative estimate of drug-likeness (QED) is 0.331. The molecule has 1 atom stereocenters. The van der Waals surface area contributed by atoms with Crippen molar-refractivity contribution in [2.45, 2.75) is 19.3 Å². The Balaban J connectivity index is 2.08. The predicted octanol–water partition coefficient (Wildman–Crippen LogP) is 4.39. The molecule has 0 bridgehead atoms. The van der Waals surface area contributed by atoms with Gasteiger partial charge in [-0.3, -0.25) is 0 Å². The minimum atomic E-state index is -0.423. The molecule has 0 aliphatic carbocycles. The minimum Gasteiger partial charge on any atom is -0.383 e. The normalized spacial score (nSPS) is 13.3. The van der Waals surface area contributed by atoms with Gasteiger partial charge in [-0.15, -0.1) is 0 Å². The number of fused-ring (bicyclic) bond motifs is 1. The molecule has 0 fully saturated rings. The lowest BCUT2D eigenvalue weighted by Crippen LogP contribution is -2.26. The highest BCUT2D eigenvalue weighted by Gasteiger charge is 2.19. The van der Waals surface area contributed by atoms with Gasteiger partial charge in [0.05, 0.1) is 22.4 Å². The summed E-state index contributed by atoms with van der Waals surface area (Å²) in [7, 11) is 4.13. The molecule has 4 N–H and O–H groups in total. The van der Waals surface area contributed by atoms with Gasteiger partial charge < -0.3 is 16.4 Å². The standard InChI is InChI=1S/C22H27BrClFN6/c1-30(2)12-14(4-3-7-26)8-17-18(11-28-31-13-15(23)9-21(17)31)22(27)29-20-10-16(25)5-6-19(20)24/h5-6,9-11,13-14H,3-4,7-8,12,26H2,1-2H3,(H2,27,29). The van der Waals surface area contributed by atoms with Crippen LogP contribution in [0.1, 0.15) is 24.0 Å². The molecular weight excluding hydrogens is 483 g/mol. The van der Waals surface area contributed by atoms with Crippen molar-refractivity contribution in [2.75, 3.05) is 27.2 Å². The average molecular weight is 510 g/mol. The summed E-state index contributed by atoms with van der Waals surface area (Å²) in [5, 5.41) is 4.82. The molecule has 0 aliphatic heterocycles. The number of benzene rings is 1. The minimum absolute atomic E-state index is 0.247. The maximum atomic E-state index is 13.7. The fourth-order valence-electron chi connectivity index (χ4n) is 3.74. The van der Waals surface area contributed by atoms with E-state index in [1.54, 1.807) is 6.20 Å². The molecule has 1 aromatic carbocycles. The van der Waals surface area contributed by atoms with Gasteiger partial charge in [0.1, 0.15) is 11.7 Å². The van der Waals surface area contributed by atoms with Crippen molar-refractivity contribution in [1.29, 1.82) is 0 Å². The summed E-state index contributed by atoms with van der Waals surface area (Å²) in [4.78, 5) is 6.60. The lowest BCUT2D eigenvalue weighted by molar-refractivity contribution is 0.307.